The van der Waals surface area contributed by atoms with Gasteiger partial charge in [0, 0.05) is 46.8 Å². The Hall–Kier alpha value is -4.00. The van der Waals surface area contributed by atoms with Crippen molar-refractivity contribution >= 4 is 17.4 Å². The number of aryl methyl sites for hydroxylation is 2. The fraction of sp³-hybridized carbons (Fsp3) is 0.412. The van der Waals surface area contributed by atoms with Crippen molar-refractivity contribution < 1.29 is 14.3 Å². The summed E-state index contributed by atoms with van der Waals surface area (Å²) in [5.41, 5.74) is 7.04. The van der Waals surface area contributed by atoms with E-state index in [-0.39, 0.29) is 12.0 Å². The summed E-state index contributed by atoms with van der Waals surface area (Å²) in [7, 11) is 0. The number of nitrogens with one attached hydrogen (secondary N) is 2. The first-order chi connectivity index (χ1) is 19.7. The van der Waals surface area contributed by atoms with E-state index >= 15 is 0 Å². The second-order valence-electron chi connectivity index (χ2n) is 11.9. The summed E-state index contributed by atoms with van der Waals surface area (Å²) in [5.74, 6) is 0.819. The number of rotatable bonds is 4. The molecular formula is C34H40N4O3. The van der Waals surface area contributed by atoms with Gasteiger partial charge in [-0.1, -0.05) is 30.3 Å². The number of fused-ring (bicyclic) bond motifs is 2. The molecule has 7 heteroatoms. The predicted molar refractivity (Wildman–Crippen MR) is 162 cm³/mol. The number of nitrogens with zero attached hydrogens (tertiary/aromatic N) is 2. The summed E-state index contributed by atoms with van der Waals surface area (Å²) >= 11 is 0. The maximum absolute atomic E-state index is 12.7. The van der Waals surface area contributed by atoms with E-state index in [9.17, 15) is 4.79 Å². The number of hydrogen-bond donors (Lipinski definition) is 2. The maximum Gasteiger partial charge on any atom is 0.408 e. The van der Waals surface area contributed by atoms with E-state index < -0.39 is 11.7 Å². The smallest absolute Gasteiger partial charge is 0.408 e. The van der Waals surface area contributed by atoms with Crippen molar-refractivity contribution in [3.63, 3.8) is 0 Å². The zero-order valence-corrected chi connectivity index (χ0v) is 24.5. The summed E-state index contributed by atoms with van der Waals surface area (Å²) in [6, 6.07) is 15.8. The van der Waals surface area contributed by atoms with Crippen LogP contribution < -0.4 is 10.1 Å². The Balaban J connectivity index is 1.36. The highest BCUT2D eigenvalue weighted by Crippen LogP contribution is 2.35. The van der Waals surface area contributed by atoms with Gasteiger partial charge in [-0.05, 0) is 95.2 Å². The first kappa shape index (κ1) is 28.5. The van der Waals surface area contributed by atoms with E-state index in [2.05, 4.69) is 22.4 Å². The van der Waals surface area contributed by atoms with E-state index in [1.54, 1.807) is 0 Å². The molecular weight excluding hydrogens is 512 g/mol. The van der Waals surface area contributed by atoms with Crippen LogP contribution in [0.5, 0.6) is 5.75 Å². The highest BCUT2D eigenvalue weighted by molar-refractivity contribution is 6.04. The molecule has 0 bridgehead atoms. The Morgan fingerprint density at radius 3 is 2.66 bits per heavy atom. The van der Waals surface area contributed by atoms with Crippen LogP contribution in [0.25, 0.3) is 5.57 Å². The normalized spacial score (nSPS) is 20.3. The molecule has 2 aromatic heterocycles. The summed E-state index contributed by atoms with van der Waals surface area (Å²) in [5, 5.41) is 12.1. The molecule has 7 nitrogen and oxygen atoms in total. The summed E-state index contributed by atoms with van der Waals surface area (Å²) in [6.07, 6.45) is 8.75. The van der Waals surface area contributed by atoms with E-state index in [4.69, 9.17) is 19.9 Å². The van der Waals surface area contributed by atoms with Gasteiger partial charge < -0.3 is 20.2 Å². The van der Waals surface area contributed by atoms with Gasteiger partial charge in [0.1, 0.15) is 11.4 Å². The van der Waals surface area contributed by atoms with Crippen molar-refractivity contribution in [1.82, 2.24) is 15.3 Å². The first-order valence-electron chi connectivity index (χ1n) is 14.6. The number of para-hydroxylation sites is 1. The number of hydrogen-bond acceptors (Lipinski definition) is 6. The maximum atomic E-state index is 12.7. The molecule has 0 saturated heterocycles. The molecule has 1 amide bonds. The van der Waals surface area contributed by atoms with Crippen molar-refractivity contribution in [2.75, 3.05) is 6.61 Å². The van der Waals surface area contributed by atoms with E-state index in [1.165, 1.54) is 5.56 Å². The van der Waals surface area contributed by atoms with Gasteiger partial charge >= 0.3 is 6.09 Å². The van der Waals surface area contributed by atoms with Gasteiger partial charge in [0.25, 0.3) is 0 Å². The van der Waals surface area contributed by atoms with Gasteiger partial charge in [0.2, 0.25) is 0 Å². The third kappa shape index (κ3) is 6.84. The molecule has 41 heavy (non-hydrogen) atoms. The average molecular weight is 553 g/mol. The minimum absolute atomic E-state index is 0.0505. The topological polar surface area (TPSA) is 97.2 Å². The van der Waals surface area contributed by atoms with Gasteiger partial charge in [-0.2, -0.15) is 0 Å². The Morgan fingerprint density at radius 2 is 1.85 bits per heavy atom. The number of benzene rings is 1. The molecule has 5 rings (SSSR count). The highest BCUT2D eigenvalue weighted by Gasteiger charge is 2.27. The van der Waals surface area contributed by atoms with Crippen LogP contribution >= 0.6 is 0 Å². The molecule has 0 spiro atoms. The van der Waals surface area contributed by atoms with Crippen LogP contribution in [-0.4, -0.2) is 34.0 Å². The zero-order chi connectivity index (χ0) is 29.0. The van der Waals surface area contributed by atoms with Gasteiger partial charge in [0.05, 0.1) is 18.3 Å². The van der Waals surface area contributed by atoms with Crippen LogP contribution in [-0.2, 0) is 11.2 Å². The van der Waals surface area contributed by atoms with Gasteiger partial charge in [-0.15, -0.1) is 0 Å². The Morgan fingerprint density at radius 1 is 1.05 bits per heavy atom. The monoisotopic (exact) mass is 552 g/mol. The largest absolute Gasteiger partial charge is 0.493 e. The molecule has 1 unspecified atom stereocenters. The second-order valence-corrected chi connectivity index (χ2v) is 11.9. The molecule has 3 heterocycles. The molecule has 2 N–H and O–H groups in total. The van der Waals surface area contributed by atoms with E-state index in [1.807, 2.05) is 76.4 Å². The number of ether oxygens (including phenoxy) is 2. The molecule has 214 valence electrons. The minimum Gasteiger partial charge on any atom is -0.493 e. The molecule has 1 aliphatic heterocycles. The van der Waals surface area contributed by atoms with Gasteiger partial charge in [-0.3, -0.25) is 9.97 Å². The van der Waals surface area contributed by atoms with E-state index in [0.717, 1.165) is 65.2 Å². The number of allylic oxidation sites excluding steroid dienone is 1. The van der Waals surface area contributed by atoms with Crippen LogP contribution in [0.3, 0.4) is 0 Å². The quantitative estimate of drug-likeness (QED) is 0.327. The molecule has 0 saturated carbocycles. The van der Waals surface area contributed by atoms with Gasteiger partial charge in [-0.25, -0.2) is 4.79 Å². The lowest BCUT2D eigenvalue weighted by molar-refractivity contribution is 0.0500. The Labute approximate surface area is 242 Å². The number of alkyl carbamates (subject to hydrolysis) is 1. The first-order valence-corrected chi connectivity index (χ1v) is 14.6. The molecule has 0 radical (unpaired) electrons. The van der Waals surface area contributed by atoms with Crippen LogP contribution in [0, 0.1) is 12.3 Å². The predicted octanol–water partition coefficient (Wildman–Crippen LogP) is 7.49. The van der Waals surface area contributed by atoms with E-state index in [0.29, 0.717) is 25.2 Å². The third-order valence-corrected chi connectivity index (χ3v) is 7.72. The lowest BCUT2D eigenvalue weighted by atomic mass is 9.80. The molecule has 1 aliphatic carbocycles. The van der Waals surface area contributed by atoms with Crippen molar-refractivity contribution in [2.24, 2.45) is 0 Å². The van der Waals surface area contributed by atoms with Crippen LogP contribution in [0.15, 0.2) is 60.8 Å². The van der Waals surface area contributed by atoms with Crippen molar-refractivity contribution in [3.05, 3.63) is 94.6 Å². The molecule has 1 aromatic carbocycles. The summed E-state index contributed by atoms with van der Waals surface area (Å²) in [6.45, 7) is 8.07. The summed E-state index contributed by atoms with van der Waals surface area (Å²) in [4.78, 5) is 22.2. The van der Waals surface area contributed by atoms with Crippen molar-refractivity contribution in [3.8, 4) is 5.75 Å². The number of carbonyl (C=O) groups is 1. The van der Waals surface area contributed by atoms with Gasteiger partial charge in [0.15, 0.2) is 0 Å². The zero-order valence-electron chi connectivity index (χ0n) is 24.5. The number of carbonyl (C=O) groups excluding carboxylic acids is 1. The Kier molecular flexibility index (Phi) is 8.52. The van der Waals surface area contributed by atoms with Crippen LogP contribution in [0.4, 0.5) is 4.79 Å². The molecule has 3 aromatic rings. The molecule has 2 aliphatic rings. The SMILES string of the molecule is Cc1nc(/C2=C/CC[C@H](NC(=O)OC(C)(C)C)c3ccccc3OCC2)ccc1C(=N)C1CCCc2ncccc21. The average Bonchev–Trinajstić information content (AvgIpc) is 2.94. The minimum atomic E-state index is -0.577. The second kappa shape index (κ2) is 12.2. The number of amides is 1. The molecule has 2 atom stereocenters. The van der Waals surface area contributed by atoms with Crippen molar-refractivity contribution in [2.45, 2.75) is 83.8 Å². The summed E-state index contributed by atoms with van der Waals surface area (Å²) < 4.78 is 11.8. The third-order valence-electron chi connectivity index (χ3n) is 7.72. The lowest BCUT2D eigenvalue weighted by Gasteiger charge is -2.26. The lowest BCUT2D eigenvalue weighted by Crippen LogP contribution is -2.35. The van der Waals surface area contributed by atoms with Crippen LogP contribution in [0.2, 0.25) is 0 Å². The standard InChI is InChI=1S/C34H40N4O3/c1-22-24(32(35)26-12-8-14-29-25(26)13-9-20-36-29)17-18-28(37-22)23-10-7-15-30(38-33(39)41-34(2,3)4)27-11-5-6-16-31(27)40-21-19-23/h5-6,9-11,13,16-18,20,26,30,35H,7-8,12,14-15,19,21H2,1-4H3,(H,38,39)/b23-10+,35-32?/t26?,30-/m0/s1. The Bertz CT molecular complexity index is 1460. The number of pyridine rings is 2. The van der Waals surface area contributed by atoms with Crippen LogP contribution in [0.1, 0.15) is 98.6 Å². The van der Waals surface area contributed by atoms with Crippen molar-refractivity contribution in [1.29, 1.82) is 5.41 Å². The fourth-order valence-corrected chi connectivity index (χ4v) is 5.80. The molecule has 0 fully saturated rings. The fourth-order valence-electron chi connectivity index (χ4n) is 5.80. The number of aromatic nitrogens is 2. The highest BCUT2D eigenvalue weighted by atomic mass is 16.6.